The van der Waals surface area contributed by atoms with Crippen molar-refractivity contribution in [2.45, 2.75) is 44.1 Å². The quantitative estimate of drug-likeness (QED) is 0.607. The zero-order valence-corrected chi connectivity index (χ0v) is 18.6. The Morgan fingerprint density at radius 1 is 1.09 bits per heavy atom. The third-order valence-electron chi connectivity index (χ3n) is 5.20. The Balaban J connectivity index is 1.69. The molecular formula is C22H27F2N3O4S. The molecular weight excluding hydrogens is 440 g/mol. The van der Waals surface area contributed by atoms with Crippen LogP contribution in [0.25, 0.3) is 0 Å². The van der Waals surface area contributed by atoms with E-state index in [2.05, 4.69) is 15.4 Å². The minimum atomic E-state index is -3.67. The molecule has 1 saturated heterocycles. The Bertz CT molecular complexity index is 1040. The number of amides is 1. The number of halogens is 2. The number of ether oxygens (including phenoxy) is 1. The van der Waals surface area contributed by atoms with Gasteiger partial charge in [-0.3, -0.25) is 4.79 Å². The van der Waals surface area contributed by atoms with Gasteiger partial charge in [0, 0.05) is 18.8 Å². The fraction of sp³-hybridized carbons (Fsp3) is 0.409. The number of nitrogens with one attached hydrogen (secondary N) is 2. The van der Waals surface area contributed by atoms with Crippen LogP contribution < -0.4 is 15.4 Å². The van der Waals surface area contributed by atoms with Crippen molar-refractivity contribution in [1.29, 1.82) is 0 Å². The fourth-order valence-corrected chi connectivity index (χ4v) is 5.34. The van der Waals surface area contributed by atoms with Crippen molar-refractivity contribution in [3.63, 3.8) is 0 Å². The molecule has 0 spiro atoms. The highest BCUT2D eigenvalue weighted by atomic mass is 32.2. The number of para-hydroxylation sites is 2. The van der Waals surface area contributed by atoms with Crippen LogP contribution in [0.3, 0.4) is 0 Å². The highest BCUT2D eigenvalue weighted by Crippen LogP contribution is 2.27. The highest BCUT2D eigenvalue weighted by molar-refractivity contribution is 7.89. The molecule has 2 aromatic carbocycles. The number of carbonyl (C=O) groups excluding carboxylic acids is 1. The van der Waals surface area contributed by atoms with Gasteiger partial charge in [-0.2, -0.15) is 13.1 Å². The van der Waals surface area contributed by atoms with Crippen LogP contribution in [0.1, 0.15) is 31.2 Å². The lowest BCUT2D eigenvalue weighted by Crippen LogP contribution is -2.32. The Labute approximate surface area is 186 Å². The molecule has 32 heavy (non-hydrogen) atoms. The van der Waals surface area contributed by atoms with Crippen LogP contribution in [0.15, 0.2) is 47.4 Å². The summed E-state index contributed by atoms with van der Waals surface area (Å²) in [5.74, 6) is -0.532. The second-order valence-corrected chi connectivity index (χ2v) is 9.48. The van der Waals surface area contributed by atoms with Gasteiger partial charge in [-0.25, -0.2) is 8.42 Å². The maximum atomic E-state index is 13.2. The molecule has 3 rings (SSSR count). The molecule has 7 nitrogen and oxygen atoms in total. The molecule has 0 bridgehead atoms. The number of carbonyl (C=O) groups is 1. The molecule has 0 aliphatic carbocycles. The van der Waals surface area contributed by atoms with Crippen molar-refractivity contribution < 1.29 is 26.7 Å². The molecule has 174 valence electrons. The van der Waals surface area contributed by atoms with Crippen molar-refractivity contribution in [3.8, 4) is 5.75 Å². The lowest BCUT2D eigenvalue weighted by Gasteiger charge is -2.21. The molecule has 1 heterocycles. The van der Waals surface area contributed by atoms with Crippen LogP contribution >= 0.6 is 0 Å². The summed E-state index contributed by atoms with van der Waals surface area (Å²) in [6.07, 6.45) is 3.69. The molecule has 1 amide bonds. The summed E-state index contributed by atoms with van der Waals surface area (Å²) in [5, 5.41) is 5.41. The van der Waals surface area contributed by atoms with Gasteiger partial charge >= 0.3 is 6.61 Å². The van der Waals surface area contributed by atoms with E-state index in [9.17, 15) is 22.0 Å². The first-order valence-corrected chi connectivity index (χ1v) is 11.9. The standard InChI is InChI=1S/C22H27F2N3O4S/c1-16-10-11-17(14-20(16)32(29,30)27-12-6-2-3-7-13-27)26-21(28)15-25-18-8-4-5-9-19(18)31-22(23)24/h4-5,8-11,14,22,25H,2-3,6-7,12-13,15H2,1H3,(H,26,28). The van der Waals surface area contributed by atoms with Gasteiger partial charge in [0.1, 0.15) is 5.75 Å². The summed E-state index contributed by atoms with van der Waals surface area (Å²) in [5.41, 5.74) is 1.19. The lowest BCUT2D eigenvalue weighted by atomic mass is 10.2. The number of sulfonamides is 1. The van der Waals surface area contributed by atoms with E-state index >= 15 is 0 Å². The Morgan fingerprint density at radius 2 is 1.78 bits per heavy atom. The van der Waals surface area contributed by atoms with E-state index in [1.54, 1.807) is 31.2 Å². The summed E-state index contributed by atoms with van der Waals surface area (Å²) in [4.78, 5) is 12.6. The van der Waals surface area contributed by atoms with Crippen molar-refractivity contribution in [1.82, 2.24) is 4.31 Å². The van der Waals surface area contributed by atoms with Crippen molar-refractivity contribution in [2.24, 2.45) is 0 Å². The summed E-state index contributed by atoms with van der Waals surface area (Å²) in [7, 11) is -3.67. The van der Waals surface area contributed by atoms with E-state index < -0.39 is 22.5 Å². The predicted octanol–water partition coefficient (Wildman–Crippen LogP) is 4.21. The van der Waals surface area contributed by atoms with Gasteiger partial charge in [0.2, 0.25) is 15.9 Å². The smallest absolute Gasteiger partial charge is 0.387 e. The van der Waals surface area contributed by atoms with Gasteiger partial charge in [-0.15, -0.1) is 0 Å². The predicted molar refractivity (Wildman–Crippen MR) is 119 cm³/mol. The van der Waals surface area contributed by atoms with Crippen molar-refractivity contribution in [3.05, 3.63) is 48.0 Å². The number of aryl methyl sites for hydroxylation is 1. The third-order valence-corrected chi connectivity index (χ3v) is 7.24. The minimum Gasteiger partial charge on any atom is -0.433 e. The van der Waals surface area contributed by atoms with Gasteiger partial charge in [0.15, 0.2) is 0 Å². The first kappa shape index (κ1) is 23.9. The average molecular weight is 468 g/mol. The number of hydrogen-bond acceptors (Lipinski definition) is 5. The van der Waals surface area contributed by atoms with E-state index in [0.717, 1.165) is 25.7 Å². The molecule has 1 aliphatic heterocycles. The number of anilines is 2. The zero-order valence-electron chi connectivity index (χ0n) is 17.8. The van der Waals surface area contributed by atoms with Crippen molar-refractivity contribution >= 4 is 27.3 Å². The molecule has 2 N–H and O–H groups in total. The van der Waals surface area contributed by atoms with Crippen molar-refractivity contribution in [2.75, 3.05) is 30.3 Å². The first-order chi connectivity index (χ1) is 15.3. The van der Waals surface area contributed by atoms with E-state index in [1.807, 2.05) is 0 Å². The summed E-state index contributed by atoms with van der Waals surface area (Å²) < 4.78 is 57.3. The van der Waals surface area contributed by atoms with E-state index in [4.69, 9.17) is 0 Å². The maximum absolute atomic E-state index is 13.2. The lowest BCUT2D eigenvalue weighted by molar-refractivity contribution is -0.114. The number of nitrogens with zero attached hydrogens (tertiary/aromatic N) is 1. The molecule has 0 aromatic heterocycles. The third kappa shape index (κ3) is 6.17. The van der Waals surface area contributed by atoms with Crippen LogP contribution in [-0.2, 0) is 14.8 Å². The first-order valence-electron chi connectivity index (χ1n) is 10.5. The number of benzene rings is 2. The van der Waals surface area contributed by atoms with Gasteiger partial charge in [0.05, 0.1) is 17.1 Å². The summed E-state index contributed by atoms with van der Waals surface area (Å²) >= 11 is 0. The van der Waals surface area contributed by atoms with Gasteiger partial charge in [0.25, 0.3) is 0 Å². The van der Waals surface area contributed by atoms with Gasteiger partial charge in [-0.05, 0) is 49.6 Å². The second-order valence-electron chi connectivity index (χ2n) is 7.57. The molecule has 0 atom stereocenters. The number of rotatable bonds is 8. The molecule has 0 unspecified atom stereocenters. The van der Waals surface area contributed by atoms with Gasteiger partial charge in [-0.1, -0.05) is 31.0 Å². The van der Waals surface area contributed by atoms with Crippen LogP contribution in [0.5, 0.6) is 5.75 Å². The average Bonchev–Trinajstić information content (AvgIpc) is 3.04. The molecule has 0 saturated carbocycles. The topological polar surface area (TPSA) is 87.7 Å². The van der Waals surface area contributed by atoms with E-state index in [1.165, 1.54) is 22.5 Å². The van der Waals surface area contributed by atoms with Crippen LogP contribution in [0, 0.1) is 6.92 Å². The summed E-state index contributed by atoms with van der Waals surface area (Å²) in [6.45, 7) is -0.502. The van der Waals surface area contributed by atoms with Gasteiger partial charge < -0.3 is 15.4 Å². The molecule has 2 aromatic rings. The minimum absolute atomic E-state index is 0.0727. The maximum Gasteiger partial charge on any atom is 0.387 e. The monoisotopic (exact) mass is 467 g/mol. The fourth-order valence-electron chi connectivity index (χ4n) is 3.57. The molecule has 10 heteroatoms. The Kier molecular flexibility index (Phi) is 8.03. The van der Waals surface area contributed by atoms with E-state index in [0.29, 0.717) is 24.3 Å². The SMILES string of the molecule is Cc1ccc(NC(=O)CNc2ccccc2OC(F)F)cc1S(=O)(=O)N1CCCCCC1. The number of hydrogen-bond donors (Lipinski definition) is 2. The second kappa shape index (κ2) is 10.7. The van der Waals surface area contributed by atoms with Crippen LogP contribution in [0.2, 0.25) is 0 Å². The Hall–Kier alpha value is -2.72. The molecule has 1 fully saturated rings. The largest absolute Gasteiger partial charge is 0.433 e. The van der Waals surface area contributed by atoms with Crippen LogP contribution in [0.4, 0.5) is 20.2 Å². The molecule has 0 radical (unpaired) electrons. The normalized spacial score (nSPS) is 15.2. The Morgan fingerprint density at radius 3 is 2.47 bits per heavy atom. The number of alkyl halides is 2. The molecule has 1 aliphatic rings. The van der Waals surface area contributed by atoms with E-state index in [-0.39, 0.29) is 22.9 Å². The summed E-state index contributed by atoms with van der Waals surface area (Å²) in [6, 6.07) is 10.8. The highest BCUT2D eigenvalue weighted by Gasteiger charge is 2.27. The zero-order chi connectivity index (χ0) is 23.1. The van der Waals surface area contributed by atoms with Crippen LogP contribution in [-0.4, -0.2) is 44.9 Å².